The third-order valence-electron chi connectivity index (χ3n) is 0.653. The maximum Gasteiger partial charge on any atom is 0.333 e. The van der Waals surface area contributed by atoms with Gasteiger partial charge in [0.25, 0.3) is 0 Å². The minimum absolute atomic E-state index is 0.611. The number of carboxylic acids is 2. The van der Waals surface area contributed by atoms with Crippen LogP contribution < -0.4 is 0 Å². The summed E-state index contributed by atoms with van der Waals surface area (Å²) in [7, 11) is 0. The Balaban J connectivity index is 0. The van der Waals surface area contributed by atoms with Crippen LogP contribution in [0, 0.1) is 0 Å². The van der Waals surface area contributed by atoms with Crippen molar-refractivity contribution in [3.05, 3.63) is 0 Å². The Morgan fingerprint density at radius 2 is 1.69 bits per heavy atom. The van der Waals surface area contributed by atoms with Crippen LogP contribution in [0.1, 0.15) is 6.42 Å². The van der Waals surface area contributed by atoms with Crippen molar-refractivity contribution < 1.29 is 29.5 Å². The minimum atomic E-state index is -1.79. The summed E-state index contributed by atoms with van der Waals surface area (Å²) >= 11 is -0.611. The average molecular weight is 212 g/mol. The number of rotatable bonds is 3. The predicted molar refractivity (Wildman–Crippen MR) is 45.9 cm³/mol. The molecule has 6 nitrogen and oxygen atoms in total. The van der Waals surface area contributed by atoms with Gasteiger partial charge in [-0.15, -0.1) is 0 Å². The van der Waals surface area contributed by atoms with Gasteiger partial charge >= 0.3 is 11.9 Å². The van der Waals surface area contributed by atoms with E-state index >= 15 is 0 Å². The fourth-order valence-electron chi connectivity index (χ4n) is 0.253. The summed E-state index contributed by atoms with van der Waals surface area (Å²) < 4.78 is 9.56. The van der Waals surface area contributed by atoms with Crippen LogP contribution in [0.15, 0.2) is 0 Å². The van der Waals surface area contributed by atoms with Gasteiger partial charge in [-0.2, -0.15) is 0 Å². The fraction of sp³-hybridized carbons (Fsp3) is 0.667. The van der Waals surface area contributed by atoms with Gasteiger partial charge in [0.15, 0.2) is 6.10 Å². The predicted octanol–water partition coefficient (Wildman–Crippen LogP) is -1.10. The Kier molecular flexibility index (Phi) is 8.87. The van der Waals surface area contributed by atoms with Crippen molar-refractivity contribution in [1.29, 1.82) is 0 Å². The van der Waals surface area contributed by atoms with Crippen LogP contribution >= 0.6 is 0 Å². The Bertz CT molecular complexity index is 166. The molecule has 1 atom stereocenters. The SMILES string of the molecule is C[S+](C)[O-].O=C(O)CC(O)C(=O)O. The van der Waals surface area contributed by atoms with Crippen molar-refractivity contribution >= 4 is 23.1 Å². The van der Waals surface area contributed by atoms with E-state index in [1.807, 2.05) is 0 Å². The summed E-state index contributed by atoms with van der Waals surface area (Å²) in [5, 5.41) is 24.1. The smallest absolute Gasteiger partial charge is 0.333 e. The molecular formula is C6H12O6S. The molecule has 0 radical (unpaired) electrons. The topological polar surface area (TPSA) is 118 Å². The molecule has 3 N–H and O–H groups in total. The molecule has 7 heteroatoms. The first-order valence-electron chi connectivity index (χ1n) is 3.15. The van der Waals surface area contributed by atoms with Crippen molar-refractivity contribution in [3.63, 3.8) is 0 Å². The lowest BCUT2D eigenvalue weighted by Crippen LogP contribution is -2.22. The van der Waals surface area contributed by atoms with Crippen molar-refractivity contribution in [2.45, 2.75) is 12.5 Å². The Hall–Kier alpha value is -0.790. The molecule has 0 saturated carbocycles. The van der Waals surface area contributed by atoms with E-state index in [9.17, 15) is 14.1 Å². The first kappa shape index (κ1) is 14.7. The molecule has 0 fully saturated rings. The molecule has 0 bridgehead atoms. The number of hydrogen-bond acceptors (Lipinski definition) is 4. The Morgan fingerprint density at radius 1 is 1.38 bits per heavy atom. The molecule has 0 aromatic carbocycles. The maximum absolute atomic E-state index is 9.72. The number of aliphatic hydroxyl groups is 1. The third kappa shape index (κ3) is 18.3. The van der Waals surface area contributed by atoms with Gasteiger partial charge in [0.1, 0.15) is 0 Å². The minimum Gasteiger partial charge on any atom is -0.617 e. The third-order valence-corrected chi connectivity index (χ3v) is 0.653. The van der Waals surface area contributed by atoms with E-state index in [2.05, 4.69) is 0 Å². The molecule has 0 aliphatic carbocycles. The van der Waals surface area contributed by atoms with Gasteiger partial charge in [0, 0.05) is 0 Å². The number of hydrogen-bond donors (Lipinski definition) is 3. The van der Waals surface area contributed by atoms with Crippen LogP contribution in [-0.4, -0.2) is 50.4 Å². The van der Waals surface area contributed by atoms with Crippen molar-refractivity contribution in [2.24, 2.45) is 0 Å². The quantitative estimate of drug-likeness (QED) is 0.511. The van der Waals surface area contributed by atoms with E-state index in [-0.39, 0.29) is 0 Å². The standard InChI is InChI=1S/C4H6O5.C2H6OS/c5-2(4(8)9)1-3(6)7;1-4(2)3/h2,5H,1H2,(H,6,7)(H,8,9);1-2H3. The molecule has 0 aliphatic heterocycles. The lowest BCUT2D eigenvalue weighted by atomic mass is 10.3. The van der Waals surface area contributed by atoms with Gasteiger partial charge in [-0.25, -0.2) is 4.79 Å². The average Bonchev–Trinajstić information content (AvgIpc) is 1.83. The molecule has 0 heterocycles. The summed E-state index contributed by atoms with van der Waals surface area (Å²) in [5.41, 5.74) is 0. The van der Waals surface area contributed by atoms with Crippen LogP contribution in [0.3, 0.4) is 0 Å². The monoisotopic (exact) mass is 212 g/mol. The van der Waals surface area contributed by atoms with Crippen LogP contribution in [0.25, 0.3) is 0 Å². The molecule has 0 saturated heterocycles. The largest absolute Gasteiger partial charge is 0.617 e. The maximum atomic E-state index is 9.72. The van der Waals surface area contributed by atoms with Crippen LogP contribution in [0.5, 0.6) is 0 Å². The highest BCUT2D eigenvalue weighted by Gasteiger charge is 2.16. The number of carbonyl (C=O) groups is 2. The van der Waals surface area contributed by atoms with Gasteiger partial charge < -0.3 is 19.9 Å². The molecule has 78 valence electrons. The van der Waals surface area contributed by atoms with Crippen molar-refractivity contribution in [3.8, 4) is 0 Å². The Morgan fingerprint density at radius 3 is 1.77 bits per heavy atom. The molecule has 1 unspecified atom stereocenters. The van der Waals surface area contributed by atoms with E-state index in [0.29, 0.717) is 0 Å². The summed E-state index contributed by atoms with van der Waals surface area (Å²) in [6, 6.07) is 0. The van der Waals surface area contributed by atoms with E-state index in [0.717, 1.165) is 0 Å². The second-order valence-corrected chi connectivity index (χ2v) is 3.68. The van der Waals surface area contributed by atoms with Crippen molar-refractivity contribution in [2.75, 3.05) is 12.5 Å². The van der Waals surface area contributed by atoms with Gasteiger partial charge in [0.05, 0.1) is 18.9 Å². The molecule has 0 aliphatic rings. The van der Waals surface area contributed by atoms with Crippen LogP contribution in [0.4, 0.5) is 0 Å². The van der Waals surface area contributed by atoms with Crippen LogP contribution in [-0.2, 0) is 20.8 Å². The summed E-state index contributed by atoms with van der Waals surface area (Å²) in [6.07, 6.45) is 0.734. The highest BCUT2D eigenvalue weighted by Crippen LogP contribution is 1.89. The Labute approximate surface area is 78.4 Å². The lowest BCUT2D eigenvalue weighted by molar-refractivity contribution is -0.152. The van der Waals surface area contributed by atoms with E-state index < -0.39 is 35.6 Å². The highest BCUT2D eigenvalue weighted by molar-refractivity contribution is 7.89. The summed E-state index contributed by atoms with van der Waals surface area (Å²) in [5.74, 6) is -2.85. The molecule has 0 aromatic rings. The van der Waals surface area contributed by atoms with E-state index in [1.54, 1.807) is 12.5 Å². The molecule has 0 amide bonds. The first-order chi connectivity index (χ1) is 5.77. The second-order valence-electron chi connectivity index (χ2n) is 2.19. The normalized spacial score (nSPS) is 11.5. The van der Waals surface area contributed by atoms with Crippen LogP contribution in [0.2, 0.25) is 0 Å². The summed E-state index contributed by atoms with van der Waals surface area (Å²) in [6.45, 7) is 0. The van der Waals surface area contributed by atoms with E-state index in [4.69, 9.17) is 15.3 Å². The highest BCUT2D eigenvalue weighted by atomic mass is 32.2. The van der Waals surface area contributed by atoms with Gasteiger partial charge in [-0.3, -0.25) is 4.79 Å². The number of aliphatic carboxylic acids is 2. The van der Waals surface area contributed by atoms with E-state index in [1.165, 1.54) is 0 Å². The molecule has 0 spiro atoms. The molecule has 0 rings (SSSR count). The molecule has 0 aromatic heterocycles. The number of aliphatic hydroxyl groups excluding tert-OH is 1. The zero-order valence-electron chi connectivity index (χ0n) is 7.26. The number of carboxylic acid groups (broad SMARTS) is 2. The second kappa shape index (κ2) is 7.84. The first-order valence-corrected chi connectivity index (χ1v) is 5.11. The lowest BCUT2D eigenvalue weighted by Gasteiger charge is -1.97. The molecular weight excluding hydrogens is 200 g/mol. The summed E-state index contributed by atoms with van der Waals surface area (Å²) in [4.78, 5) is 19.4. The van der Waals surface area contributed by atoms with Gasteiger partial charge in [0.2, 0.25) is 0 Å². The van der Waals surface area contributed by atoms with Crippen molar-refractivity contribution in [1.82, 2.24) is 0 Å². The van der Waals surface area contributed by atoms with Gasteiger partial charge in [-0.05, 0) is 0 Å². The zero-order chi connectivity index (χ0) is 11.0. The van der Waals surface area contributed by atoms with Gasteiger partial charge in [-0.1, -0.05) is 11.2 Å². The zero-order valence-corrected chi connectivity index (χ0v) is 8.08. The fourth-order valence-corrected chi connectivity index (χ4v) is 0.253. The molecule has 13 heavy (non-hydrogen) atoms.